The molecule has 0 bridgehead atoms. The van der Waals surface area contributed by atoms with Crippen LogP contribution in [-0.4, -0.2) is 47.7 Å². The number of carbonyl (C=O) groups is 2. The lowest BCUT2D eigenvalue weighted by Crippen LogP contribution is -2.45. The molecule has 98 valence electrons. The van der Waals surface area contributed by atoms with E-state index in [9.17, 15) is 9.59 Å². The van der Waals surface area contributed by atoms with Crippen LogP contribution in [0.1, 0.15) is 33.1 Å². The molecule has 0 aliphatic carbocycles. The molecule has 1 fully saturated rings. The fourth-order valence-corrected chi connectivity index (χ4v) is 1.99. The summed E-state index contributed by atoms with van der Waals surface area (Å²) in [5.41, 5.74) is 0. The van der Waals surface area contributed by atoms with Crippen molar-refractivity contribution >= 4 is 11.9 Å². The summed E-state index contributed by atoms with van der Waals surface area (Å²) in [6, 6.07) is 0. The van der Waals surface area contributed by atoms with Gasteiger partial charge in [-0.05, 0) is 12.3 Å². The summed E-state index contributed by atoms with van der Waals surface area (Å²) >= 11 is 0. The summed E-state index contributed by atoms with van der Waals surface area (Å²) in [4.78, 5) is 24.2. The molecule has 1 heterocycles. The van der Waals surface area contributed by atoms with Gasteiger partial charge in [-0.25, -0.2) is 0 Å². The van der Waals surface area contributed by atoms with Crippen LogP contribution in [-0.2, 0) is 14.3 Å². The zero-order valence-corrected chi connectivity index (χ0v) is 10.5. The number of ether oxygens (including phenoxy) is 1. The smallest absolute Gasteiger partial charge is 0.303 e. The topological polar surface area (TPSA) is 66.8 Å². The summed E-state index contributed by atoms with van der Waals surface area (Å²) in [5, 5.41) is 8.64. The quantitative estimate of drug-likeness (QED) is 0.786. The normalized spacial score (nSPS) is 22.2. The lowest BCUT2D eigenvalue weighted by Gasteiger charge is -2.33. The third kappa shape index (κ3) is 4.73. The van der Waals surface area contributed by atoms with Crippen LogP contribution in [0, 0.1) is 5.92 Å². The van der Waals surface area contributed by atoms with Crippen molar-refractivity contribution in [3.05, 3.63) is 0 Å². The minimum atomic E-state index is -0.848. The molecule has 17 heavy (non-hydrogen) atoms. The molecular weight excluding hydrogens is 222 g/mol. The Hall–Kier alpha value is -1.10. The molecule has 0 aromatic rings. The van der Waals surface area contributed by atoms with Crippen molar-refractivity contribution in [1.82, 2.24) is 4.90 Å². The molecule has 5 nitrogen and oxygen atoms in total. The van der Waals surface area contributed by atoms with E-state index in [0.717, 1.165) is 6.42 Å². The summed E-state index contributed by atoms with van der Waals surface area (Å²) in [5.74, 6) is -0.915. The van der Waals surface area contributed by atoms with Crippen molar-refractivity contribution < 1.29 is 19.4 Å². The number of rotatable bonds is 5. The highest BCUT2D eigenvalue weighted by Crippen LogP contribution is 2.14. The van der Waals surface area contributed by atoms with Crippen LogP contribution in [0.25, 0.3) is 0 Å². The Morgan fingerprint density at radius 3 is 2.76 bits per heavy atom. The third-order valence-electron chi connectivity index (χ3n) is 2.99. The van der Waals surface area contributed by atoms with E-state index in [0.29, 0.717) is 26.1 Å². The largest absolute Gasteiger partial charge is 0.481 e. The highest BCUT2D eigenvalue weighted by Gasteiger charge is 2.24. The Kier molecular flexibility index (Phi) is 5.41. The van der Waals surface area contributed by atoms with Gasteiger partial charge in [0.1, 0.15) is 0 Å². The first-order valence-corrected chi connectivity index (χ1v) is 6.14. The van der Waals surface area contributed by atoms with Gasteiger partial charge in [0.2, 0.25) is 5.91 Å². The number of carbonyl (C=O) groups excluding carboxylic acids is 1. The number of amides is 1. The highest BCUT2D eigenvalue weighted by atomic mass is 16.5. The predicted octanol–water partition coefficient (Wildman–Crippen LogP) is 1.12. The lowest BCUT2D eigenvalue weighted by atomic mass is 10.0. The Morgan fingerprint density at radius 2 is 2.18 bits per heavy atom. The second-order valence-corrected chi connectivity index (χ2v) is 4.65. The standard InChI is InChI=1S/C12H21NO4/c1-3-10-8-13(4-5-17-10)11(14)6-9(2)7-12(15)16/h9-10H,3-8H2,1-2H3,(H,15,16). The van der Waals surface area contributed by atoms with Crippen LogP contribution in [0.3, 0.4) is 0 Å². The average molecular weight is 243 g/mol. The molecule has 1 amide bonds. The first-order chi connectivity index (χ1) is 8.02. The van der Waals surface area contributed by atoms with Crippen molar-refractivity contribution in [3.63, 3.8) is 0 Å². The minimum absolute atomic E-state index is 0.0421. The zero-order valence-electron chi connectivity index (χ0n) is 10.5. The van der Waals surface area contributed by atoms with Gasteiger partial charge in [-0.3, -0.25) is 9.59 Å². The van der Waals surface area contributed by atoms with Crippen LogP contribution in [0.4, 0.5) is 0 Å². The van der Waals surface area contributed by atoms with E-state index in [1.54, 1.807) is 11.8 Å². The first kappa shape index (κ1) is 14.0. The van der Waals surface area contributed by atoms with E-state index in [1.165, 1.54) is 0 Å². The monoisotopic (exact) mass is 243 g/mol. The molecule has 1 N–H and O–H groups in total. The molecule has 1 aliphatic rings. The van der Waals surface area contributed by atoms with Crippen LogP contribution < -0.4 is 0 Å². The van der Waals surface area contributed by atoms with Gasteiger partial charge in [0.15, 0.2) is 0 Å². The molecule has 5 heteroatoms. The Labute approximate surface area is 102 Å². The van der Waals surface area contributed by atoms with Gasteiger partial charge in [0.25, 0.3) is 0 Å². The molecule has 1 saturated heterocycles. The number of hydrogen-bond acceptors (Lipinski definition) is 3. The molecule has 0 radical (unpaired) electrons. The maximum Gasteiger partial charge on any atom is 0.303 e. The number of nitrogens with zero attached hydrogens (tertiary/aromatic N) is 1. The summed E-state index contributed by atoms with van der Waals surface area (Å²) in [6.07, 6.45) is 1.38. The van der Waals surface area contributed by atoms with Crippen LogP contribution in [0.5, 0.6) is 0 Å². The number of carboxylic acid groups (broad SMARTS) is 1. The summed E-state index contributed by atoms with van der Waals surface area (Å²) in [6.45, 7) is 5.66. The van der Waals surface area contributed by atoms with Crippen molar-refractivity contribution in [2.24, 2.45) is 5.92 Å². The maximum atomic E-state index is 11.9. The van der Waals surface area contributed by atoms with Crippen LogP contribution in [0.2, 0.25) is 0 Å². The van der Waals surface area contributed by atoms with Gasteiger partial charge < -0.3 is 14.7 Å². The van der Waals surface area contributed by atoms with E-state index in [1.807, 2.05) is 6.92 Å². The number of carboxylic acids is 1. The van der Waals surface area contributed by atoms with Crippen LogP contribution in [0.15, 0.2) is 0 Å². The van der Waals surface area contributed by atoms with E-state index in [4.69, 9.17) is 9.84 Å². The second kappa shape index (κ2) is 6.59. The van der Waals surface area contributed by atoms with Gasteiger partial charge in [-0.2, -0.15) is 0 Å². The second-order valence-electron chi connectivity index (χ2n) is 4.65. The van der Waals surface area contributed by atoms with Gasteiger partial charge >= 0.3 is 5.97 Å². The van der Waals surface area contributed by atoms with E-state index in [-0.39, 0.29) is 24.3 Å². The van der Waals surface area contributed by atoms with Crippen molar-refractivity contribution in [2.75, 3.05) is 19.7 Å². The third-order valence-corrected chi connectivity index (χ3v) is 2.99. The number of aliphatic carboxylic acids is 1. The minimum Gasteiger partial charge on any atom is -0.481 e. The molecule has 0 saturated carbocycles. The molecule has 0 aromatic heterocycles. The molecule has 1 aliphatic heterocycles. The van der Waals surface area contributed by atoms with Gasteiger partial charge in [0, 0.05) is 25.9 Å². The molecule has 0 aromatic carbocycles. The zero-order chi connectivity index (χ0) is 12.8. The molecule has 1 rings (SSSR count). The predicted molar refractivity (Wildman–Crippen MR) is 62.6 cm³/mol. The fourth-order valence-electron chi connectivity index (χ4n) is 1.99. The van der Waals surface area contributed by atoms with Crippen molar-refractivity contribution in [1.29, 1.82) is 0 Å². The Morgan fingerprint density at radius 1 is 1.47 bits per heavy atom. The average Bonchev–Trinajstić information content (AvgIpc) is 2.27. The number of morpholine rings is 1. The summed E-state index contributed by atoms with van der Waals surface area (Å²) < 4.78 is 5.49. The van der Waals surface area contributed by atoms with E-state index in [2.05, 4.69) is 0 Å². The highest BCUT2D eigenvalue weighted by molar-refractivity contribution is 5.77. The van der Waals surface area contributed by atoms with Gasteiger partial charge in [-0.1, -0.05) is 13.8 Å². The number of hydrogen-bond donors (Lipinski definition) is 1. The molecule has 0 spiro atoms. The SMILES string of the molecule is CCC1CN(C(=O)CC(C)CC(=O)O)CCO1. The lowest BCUT2D eigenvalue weighted by molar-refractivity contribution is -0.141. The van der Waals surface area contributed by atoms with Gasteiger partial charge in [-0.15, -0.1) is 0 Å². The summed E-state index contributed by atoms with van der Waals surface area (Å²) in [7, 11) is 0. The molecule has 2 unspecified atom stereocenters. The first-order valence-electron chi connectivity index (χ1n) is 6.14. The van der Waals surface area contributed by atoms with Gasteiger partial charge in [0.05, 0.1) is 12.7 Å². The Balaban J connectivity index is 2.38. The molecule has 2 atom stereocenters. The van der Waals surface area contributed by atoms with E-state index < -0.39 is 5.97 Å². The van der Waals surface area contributed by atoms with Crippen LogP contribution >= 0.6 is 0 Å². The van der Waals surface area contributed by atoms with E-state index >= 15 is 0 Å². The molecular formula is C12H21NO4. The fraction of sp³-hybridized carbons (Fsp3) is 0.833. The van der Waals surface area contributed by atoms with Crippen molar-refractivity contribution in [2.45, 2.75) is 39.2 Å². The van der Waals surface area contributed by atoms with Crippen molar-refractivity contribution in [3.8, 4) is 0 Å². The maximum absolute atomic E-state index is 11.9. The Bertz CT molecular complexity index is 280.